The summed E-state index contributed by atoms with van der Waals surface area (Å²) < 4.78 is 5.87. The molecule has 0 atom stereocenters. The van der Waals surface area contributed by atoms with Crippen LogP contribution in [-0.2, 0) is 0 Å². The molecule has 0 radical (unpaired) electrons. The van der Waals surface area contributed by atoms with Crippen LogP contribution in [0.2, 0.25) is 0 Å². The van der Waals surface area contributed by atoms with Gasteiger partial charge in [-0.3, -0.25) is 0 Å². The van der Waals surface area contributed by atoms with Crippen molar-refractivity contribution in [2.24, 2.45) is 0 Å². The molecule has 0 aliphatic heterocycles. The van der Waals surface area contributed by atoms with Gasteiger partial charge in [-0.15, -0.1) is 0 Å². The Kier molecular flexibility index (Phi) is 5.60. The van der Waals surface area contributed by atoms with E-state index in [1.54, 1.807) is 0 Å². The second-order valence-corrected chi connectivity index (χ2v) is 6.88. The lowest BCUT2D eigenvalue weighted by Gasteiger charge is -2.16. The van der Waals surface area contributed by atoms with Gasteiger partial charge in [-0.2, -0.15) is 4.98 Å². The molecule has 2 aromatic carbocycles. The summed E-state index contributed by atoms with van der Waals surface area (Å²) in [6.07, 6.45) is 0.0906. The van der Waals surface area contributed by atoms with Gasteiger partial charge in [0.2, 0.25) is 5.95 Å². The van der Waals surface area contributed by atoms with Crippen LogP contribution in [0.1, 0.15) is 30.7 Å². The third kappa shape index (κ3) is 4.76. The van der Waals surface area contributed by atoms with E-state index < -0.39 is 0 Å². The molecule has 0 fully saturated rings. The number of ether oxygens (including phenoxy) is 1. The highest BCUT2D eigenvalue weighted by molar-refractivity contribution is 5.66. The van der Waals surface area contributed by atoms with Gasteiger partial charge in [0.15, 0.2) is 0 Å². The normalized spacial score (nSPS) is 10.7. The quantitative estimate of drug-likeness (QED) is 0.591. The van der Waals surface area contributed by atoms with Crippen molar-refractivity contribution in [3.8, 4) is 5.75 Å². The van der Waals surface area contributed by atoms with E-state index >= 15 is 0 Å². The van der Waals surface area contributed by atoms with E-state index in [0.29, 0.717) is 5.95 Å². The number of aromatic nitrogens is 2. The number of hydrogen-bond acceptors (Lipinski definition) is 5. The first kappa shape index (κ1) is 18.7. The van der Waals surface area contributed by atoms with Crippen LogP contribution in [0.25, 0.3) is 0 Å². The average molecular weight is 362 g/mol. The van der Waals surface area contributed by atoms with Gasteiger partial charge < -0.3 is 15.4 Å². The molecule has 0 unspecified atom stereocenters. The van der Waals surface area contributed by atoms with Gasteiger partial charge in [0.25, 0.3) is 0 Å². The molecule has 0 saturated carbocycles. The van der Waals surface area contributed by atoms with Gasteiger partial charge in [0.05, 0.1) is 11.8 Å². The van der Waals surface area contributed by atoms with Crippen LogP contribution in [0.4, 0.5) is 23.1 Å². The minimum Gasteiger partial charge on any atom is -0.489 e. The minimum absolute atomic E-state index is 0.0906. The van der Waals surface area contributed by atoms with Crippen molar-refractivity contribution >= 4 is 23.1 Å². The SMILES string of the molecule is Cc1cc(Nc2cccc(C)c2C)nc(Nc2ccccc2OC(C)C)n1. The van der Waals surface area contributed by atoms with E-state index in [4.69, 9.17) is 4.74 Å². The first-order chi connectivity index (χ1) is 12.9. The number of nitrogens with one attached hydrogen (secondary N) is 2. The molecular formula is C22H26N4O. The monoisotopic (exact) mass is 362 g/mol. The first-order valence-corrected chi connectivity index (χ1v) is 9.14. The Bertz CT molecular complexity index is 937. The van der Waals surface area contributed by atoms with Crippen LogP contribution in [0, 0.1) is 20.8 Å². The van der Waals surface area contributed by atoms with E-state index in [0.717, 1.165) is 28.6 Å². The van der Waals surface area contributed by atoms with Crippen LogP contribution >= 0.6 is 0 Å². The van der Waals surface area contributed by atoms with Gasteiger partial charge in [-0.1, -0.05) is 24.3 Å². The summed E-state index contributed by atoms with van der Waals surface area (Å²) in [7, 11) is 0. The maximum atomic E-state index is 5.87. The van der Waals surface area contributed by atoms with Crippen LogP contribution in [0.15, 0.2) is 48.5 Å². The fraction of sp³-hybridized carbons (Fsp3) is 0.273. The number of rotatable bonds is 6. The number of para-hydroxylation sites is 2. The van der Waals surface area contributed by atoms with Crippen molar-refractivity contribution < 1.29 is 4.74 Å². The molecule has 1 heterocycles. The molecular weight excluding hydrogens is 336 g/mol. The lowest BCUT2D eigenvalue weighted by Crippen LogP contribution is -2.08. The van der Waals surface area contributed by atoms with Crippen LogP contribution in [0.3, 0.4) is 0 Å². The fourth-order valence-electron chi connectivity index (χ4n) is 2.76. The molecule has 0 aliphatic carbocycles. The van der Waals surface area contributed by atoms with Crippen molar-refractivity contribution in [1.29, 1.82) is 0 Å². The summed E-state index contributed by atoms with van der Waals surface area (Å²) in [4.78, 5) is 9.14. The van der Waals surface area contributed by atoms with E-state index in [9.17, 15) is 0 Å². The highest BCUT2D eigenvalue weighted by atomic mass is 16.5. The zero-order chi connectivity index (χ0) is 19.4. The third-order valence-corrected chi connectivity index (χ3v) is 4.22. The molecule has 3 rings (SSSR count). The van der Waals surface area contributed by atoms with Crippen molar-refractivity contribution in [2.75, 3.05) is 10.6 Å². The number of nitrogens with zero attached hydrogens (tertiary/aromatic N) is 2. The second-order valence-electron chi connectivity index (χ2n) is 6.88. The Morgan fingerprint density at radius 3 is 2.37 bits per heavy atom. The smallest absolute Gasteiger partial charge is 0.229 e. The van der Waals surface area contributed by atoms with Crippen molar-refractivity contribution in [2.45, 2.75) is 40.7 Å². The molecule has 0 amide bonds. The van der Waals surface area contributed by atoms with E-state index in [-0.39, 0.29) is 6.10 Å². The van der Waals surface area contributed by atoms with Crippen LogP contribution in [0.5, 0.6) is 5.75 Å². The predicted octanol–water partition coefficient (Wildman–Crippen LogP) is 5.68. The van der Waals surface area contributed by atoms with Gasteiger partial charge >= 0.3 is 0 Å². The standard InChI is InChI=1S/C22H26N4O/c1-14(2)27-20-12-7-6-10-19(20)25-22-23-16(4)13-21(26-22)24-18-11-8-9-15(3)17(18)5/h6-14H,1-5H3,(H2,23,24,25,26). The summed E-state index contributed by atoms with van der Waals surface area (Å²) >= 11 is 0. The number of hydrogen-bond donors (Lipinski definition) is 2. The molecule has 1 aromatic heterocycles. The molecule has 0 bridgehead atoms. The van der Waals surface area contributed by atoms with Gasteiger partial charge in [0.1, 0.15) is 11.6 Å². The Labute approximate surface area is 160 Å². The second kappa shape index (κ2) is 8.08. The minimum atomic E-state index is 0.0906. The molecule has 2 N–H and O–H groups in total. The third-order valence-electron chi connectivity index (χ3n) is 4.22. The molecule has 0 spiro atoms. The molecule has 5 heteroatoms. The van der Waals surface area contributed by atoms with Gasteiger partial charge in [-0.05, 0) is 63.9 Å². The van der Waals surface area contributed by atoms with E-state index in [1.807, 2.05) is 57.2 Å². The molecule has 5 nitrogen and oxygen atoms in total. The fourth-order valence-corrected chi connectivity index (χ4v) is 2.76. The summed E-state index contributed by atoms with van der Waals surface area (Å²) in [5, 5.41) is 6.69. The Balaban J connectivity index is 1.87. The summed E-state index contributed by atoms with van der Waals surface area (Å²) in [6.45, 7) is 10.2. The summed E-state index contributed by atoms with van der Waals surface area (Å²) in [5.74, 6) is 2.06. The maximum Gasteiger partial charge on any atom is 0.229 e. The molecule has 3 aromatic rings. The van der Waals surface area contributed by atoms with E-state index in [1.165, 1.54) is 11.1 Å². The Hall–Kier alpha value is -3.08. The topological polar surface area (TPSA) is 59.1 Å². The summed E-state index contributed by atoms with van der Waals surface area (Å²) in [6, 6.07) is 15.9. The van der Waals surface area contributed by atoms with Gasteiger partial charge in [0, 0.05) is 17.4 Å². The number of benzene rings is 2. The highest BCUT2D eigenvalue weighted by Crippen LogP contribution is 2.28. The van der Waals surface area contributed by atoms with Gasteiger partial charge in [-0.25, -0.2) is 4.98 Å². The first-order valence-electron chi connectivity index (χ1n) is 9.14. The Morgan fingerprint density at radius 2 is 1.59 bits per heavy atom. The zero-order valence-electron chi connectivity index (χ0n) is 16.5. The van der Waals surface area contributed by atoms with Crippen molar-refractivity contribution in [3.63, 3.8) is 0 Å². The number of anilines is 4. The lowest BCUT2D eigenvalue weighted by atomic mass is 10.1. The lowest BCUT2D eigenvalue weighted by molar-refractivity contribution is 0.244. The highest BCUT2D eigenvalue weighted by Gasteiger charge is 2.09. The Morgan fingerprint density at radius 1 is 0.852 bits per heavy atom. The predicted molar refractivity (Wildman–Crippen MR) is 111 cm³/mol. The molecule has 140 valence electrons. The van der Waals surface area contributed by atoms with E-state index in [2.05, 4.69) is 46.6 Å². The van der Waals surface area contributed by atoms with Crippen molar-refractivity contribution in [1.82, 2.24) is 9.97 Å². The molecule has 0 saturated heterocycles. The molecule has 0 aliphatic rings. The zero-order valence-corrected chi connectivity index (χ0v) is 16.5. The van der Waals surface area contributed by atoms with Crippen LogP contribution < -0.4 is 15.4 Å². The number of aryl methyl sites for hydroxylation is 2. The maximum absolute atomic E-state index is 5.87. The van der Waals surface area contributed by atoms with Crippen molar-refractivity contribution in [3.05, 3.63) is 65.4 Å². The average Bonchev–Trinajstić information content (AvgIpc) is 2.60. The largest absolute Gasteiger partial charge is 0.489 e. The molecule has 27 heavy (non-hydrogen) atoms. The van der Waals surface area contributed by atoms with Crippen LogP contribution in [-0.4, -0.2) is 16.1 Å². The summed E-state index contributed by atoms with van der Waals surface area (Å²) in [5.41, 5.74) is 5.21.